The first-order chi connectivity index (χ1) is 9.58. The molecule has 1 aliphatic rings. The van der Waals surface area contributed by atoms with E-state index in [4.69, 9.17) is 11.6 Å². The molecule has 1 saturated carbocycles. The van der Waals surface area contributed by atoms with E-state index in [2.05, 4.69) is 4.37 Å². The van der Waals surface area contributed by atoms with Gasteiger partial charge in [-0.3, -0.25) is 14.0 Å². The van der Waals surface area contributed by atoms with Crippen LogP contribution in [0, 0.1) is 5.82 Å². The Hall–Kier alpha value is -1.66. The SMILES string of the molecule is O=c1[nH]sc2c1c(=O)c1cc(F)c(Cl)cc1n2C1CC1. The fourth-order valence-electron chi connectivity index (χ4n) is 2.52. The van der Waals surface area contributed by atoms with Gasteiger partial charge in [-0.15, -0.1) is 0 Å². The average molecular weight is 311 g/mol. The first kappa shape index (κ1) is 12.1. The first-order valence-corrected chi connectivity index (χ1v) is 7.32. The molecule has 0 amide bonds. The highest BCUT2D eigenvalue weighted by Gasteiger charge is 2.29. The molecule has 4 nitrogen and oxygen atoms in total. The van der Waals surface area contributed by atoms with Crippen LogP contribution in [-0.4, -0.2) is 8.94 Å². The Morgan fingerprint density at radius 1 is 1.35 bits per heavy atom. The minimum absolute atomic E-state index is 0.0199. The summed E-state index contributed by atoms with van der Waals surface area (Å²) < 4.78 is 18.2. The maximum absolute atomic E-state index is 13.6. The third-order valence-corrected chi connectivity index (χ3v) is 4.75. The zero-order valence-electron chi connectivity index (χ0n) is 10.1. The monoisotopic (exact) mass is 310 g/mol. The Balaban J connectivity index is 2.34. The molecule has 1 fully saturated rings. The van der Waals surface area contributed by atoms with E-state index in [1.165, 1.54) is 6.07 Å². The van der Waals surface area contributed by atoms with Crippen molar-refractivity contribution in [3.05, 3.63) is 43.5 Å². The van der Waals surface area contributed by atoms with Gasteiger partial charge in [-0.2, -0.15) is 0 Å². The van der Waals surface area contributed by atoms with Crippen LogP contribution >= 0.6 is 23.1 Å². The first-order valence-electron chi connectivity index (χ1n) is 6.12. The Labute approximate surface area is 120 Å². The molecule has 102 valence electrons. The van der Waals surface area contributed by atoms with Crippen molar-refractivity contribution in [1.29, 1.82) is 0 Å². The molecular formula is C13H8ClFN2O2S. The predicted molar refractivity (Wildman–Crippen MR) is 77.5 cm³/mol. The van der Waals surface area contributed by atoms with Crippen LogP contribution in [-0.2, 0) is 0 Å². The number of aromatic nitrogens is 2. The van der Waals surface area contributed by atoms with Crippen molar-refractivity contribution in [2.45, 2.75) is 18.9 Å². The van der Waals surface area contributed by atoms with Gasteiger partial charge in [0.25, 0.3) is 5.56 Å². The second-order valence-electron chi connectivity index (χ2n) is 4.93. The molecule has 0 radical (unpaired) electrons. The minimum atomic E-state index is -0.648. The quantitative estimate of drug-likeness (QED) is 0.751. The van der Waals surface area contributed by atoms with Crippen LogP contribution in [0.4, 0.5) is 4.39 Å². The van der Waals surface area contributed by atoms with Crippen LogP contribution in [0.25, 0.3) is 21.1 Å². The molecule has 0 aliphatic heterocycles. The summed E-state index contributed by atoms with van der Waals surface area (Å²) in [6.45, 7) is 0. The van der Waals surface area contributed by atoms with Gasteiger partial charge >= 0.3 is 0 Å². The lowest BCUT2D eigenvalue weighted by molar-refractivity contribution is 0.629. The van der Waals surface area contributed by atoms with E-state index in [0.29, 0.717) is 10.3 Å². The van der Waals surface area contributed by atoms with Crippen molar-refractivity contribution < 1.29 is 4.39 Å². The largest absolute Gasteiger partial charge is 0.328 e. The van der Waals surface area contributed by atoms with Crippen molar-refractivity contribution in [2.75, 3.05) is 0 Å². The van der Waals surface area contributed by atoms with Crippen LogP contribution in [0.15, 0.2) is 21.7 Å². The van der Waals surface area contributed by atoms with Gasteiger partial charge in [0.2, 0.25) is 5.43 Å². The molecule has 3 aromatic rings. The van der Waals surface area contributed by atoms with Gasteiger partial charge in [0.15, 0.2) is 0 Å². The zero-order valence-corrected chi connectivity index (χ0v) is 11.6. The molecular weight excluding hydrogens is 303 g/mol. The maximum atomic E-state index is 13.6. The van der Waals surface area contributed by atoms with E-state index in [0.717, 1.165) is 30.4 Å². The van der Waals surface area contributed by atoms with Crippen molar-refractivity contribution >= 4 is 44.3 Å². The van der Waals surface area contributed by atoms with E-state index in [1.54, 1.807) is 0 Å². The van der Waals surface area contributed by atoms with Crippen LogP contribution in [0.2, 0.25) is 5.02 Å². The summed E-state index contributed by atoms with van der Waals surface area (Å²) >= 11 is 6.97. The lowest BCUT2D eigenvalue weighted by atomic mass is 10.1. The van der Waals surface area contributed by atoms with E-state index in [9.17, 15) is 14.0 Å². The number of pyridine rings is 1. The highest BCUT2D eigenvalue weighted by Crippen LogP contribution is 2.40. The third kappa shape index (κ3) is 1.52. The van der Waals surface area contributed by atoms with E-state index in [-0.39, 0.29) is 21.8 Å². The van der Waals surface area contributed by atoms with E-state index < -0.39 is 16.8 Å². The molecule has 7 heteroatoms. The van der Waals surface area contributed by atoms with Gasteiger partial charge < -0.3 is 4.57 Å². The summed E-state index contributed by atoms with van der Waals surface area (Å²) in [5.74, 6) is -0.648. The molecule has 0 unspecified atom stereocenters. The molecule has 1 aliphatic carbocycles. The van der Waals surface area contributed by atoms with E-state index >= 15 is 0 Å². The number of aromatic amines is 1. The van der Waals surface area contributed by atoms with Crippen molar-refractivity contribution in [2.24, 2.45) is 0 Å². The number of fused-ring (bicyclic) bond motifs is 2. The Kier molecular flexibility index (Phi) is 2.38. The second-order valence-corrected chi connectivity index (χ2v) is 6.13. The molecule has 2 heterocycles. The fraction of sp³-hybridized carbons (Fsp3) is 0.231. The molecule has 1 N–H and O–H groups in total. The number of nitrogens with zero attached hydrogens (tertiary/aromatic N) is 1. The molecule has 0 spiro atoms. The number of H-pyrrole nitrogens is 1. The van der Waals surface area contributed by atoms with Crippen LogP contribution in [0.1, 0.15) is 18.9 Å². The summed E-state index contributed by atoms with van der Waals surface area (Å²) in [4.78, 5) is 24.8. The molecule has 2 aromatic heterocycles. The number of benzene rings is 1. The summed E-state index contributed by atoms with van der Waals surface area (Å²) in [5, 5.41) is 0.292. The van der Waals surface area contributed by atoms with Gasteiger partial charge in [0, 0.05) is 11.4 Å². The Morgan fingerprint density at radius 3 is 2.80 bits per heavy atom. The molecule has 4 rings (SSSR count). The summed E-state index contributed by atoms with van der Waals surface area (Å²) in [6.07, 6.45) is 1.96. The standard InChI is InChI=1S/C13H8ClFN2O2S/c14-7-4-9-6(3-8(7)15)11(18)10-12(19)16-20-13(10)17(9)5-1-2-5/h3-5H,1-2H2,(H,16,19). The van der Waals surface area contributed by atoms with Crippen molar-refractivity contribution in [1.82, 2.24) is 8.94 Å². The lowest BCUT2D eigenvalue weighted by Crippen LogP contribution is -2.15. The third-order valence-electron chi connectivity index (χ3n) is 3.58. The number of hydrogen-bond donors (Lipinski definition) is 1. The Bertz CT molecular complexity index is 984. The Morgan fingerprint density at radius 2 is 2.10 bits per heavy atom. The fourth-order valence-corrected chi connectivity index (χ4v) is 3.60. The van der Waals surface area contributed by atoms with Crippen LogP contribution in [0.3, 0.4) is 0 Å². The van der Waals surface area contributed by atoms with Gasteiger partial charge in [-0.25, -0.2) is 4.39 Å². The van der Waals surface area contributed by atoms with Crippen molar-refractivity contribution in [3.63, 3.8) is 0 Å². The second kappa shape index (κ2) is 3.93. The van der Waals surface area contributed by atoms with Gasteiger partial charge in [-0.1, -0.05) is 11.6 Å². The topological polar surface area (TPSA) is 54.9 Å². The van der Waals surface area contributed by atoms with E-state index in [1.807, 2.05) is 4.57 Å². The average Bonchev–Trinajstić information content (AvgIpc) is 3.16. The highest BCUT2D eigenvalue weighted by molar-refractivity contribution is 7.12. The smallest absolute Gasteiger partial charge is 0.271 e. The normalized spacial score (nSPS) is 15.3. The molecule has 1 aromatic carbocycles. The van der Waals surface area contributed by atoms with Gasteiger partial charge in [-0.05, 0) is 36.5 Å². The van der Waals surface area contributed by atoms with Crippen LogP contribution < -0.4 is 11.0 Å². The number of hydrogen-bond acceptors (Lipinski definition) is 3. The zero-order chi connectivity index (χ0) is 14.0. The molecule has 20 heavy (non-hydrogen) atoms. The summed E-state index contributed by atoms with van der Waals surface area (Å²) in [7, 11) is 0. The highest BCUT2D eigenvalue weighted by atomic mass is 35.5. The maximum Gasteiger partial charge on any atom is 0.271 e. The van der Waals surface area contributed by atoms with Gasteiger partial charge in [0.1, 0.15) is 16.0 Å². The molecule has 0 atom stereocenters. The lowest BCUT2D eigenvalue weighted by Gasteiger charge is -2.11. The molecule has 0 saturated heterocycles. The minimum Gasteiger partial charge on any atom is -0.328 e. The van der Waals surface area contributed by atoms with Gasteiger partial charge in [0.05, 0.1) is 10.5 Å². The van der Waals surface area contributed by atoms with Crippen LogP contribution in [0.5, 0.6) is 0 Å². The predicted octanol–water partition coefficient (Wildman–Crippen LogP) is 3.03. The summed E-state index contributed by atoms with van der Waals surface area (Å²) in [6, 6.07) is 2.83. The van der Waals surface area contributed by atoms with Crippen molar-refractivity contribution in [3.8, 4) is 0 Å². The number of nitrogens with one attached hydrogen (secondary N) is 1. The summed E-state index contributed by atoms with van der Waals surface area (Å²) in [5.41, 5.74) is -0.265. The molecule has 0 bridgehead atoms. The number of halogens is 2. The number of rotatable bonds is 1.